The summed E-state index contributed by atoms with van der Waals surface area (Å²) in [4.78, 5) is 14.0. The number of ether oxygens (including phenoxy) is 1. The zero-order valence-corrected chi connectivity index (χ0v) is 9.79. The van der Waals surface area contributed by atoms with E-state index in [9.17, 15) is 22.0 Å². The minimum atomic E-state index is -4.78. The minimum absolute atomic E-state index is 0.0991. The second kappa shape index (κ2) is 4.74. The van der Waals surface area contributed by atoms with E-state index >= 15 is 0 Å². The van der Waals surface area contributed by atoms with E-state index in [4.69, 9.17) is 0 Å². The second-order valence-corrected chi connectivity index (χ2v) is 4.99. The van der Waals surface area contributed by atoms with Crippen LogP contribution in [-0.2, 0) is 14.6 Å². The number of rotatable bonds is 3. The maximum absolute atomic E-state index is 12.4. The summed E-state index contributed by atoms with van der Waals surface area (Å²) < 4.78 is 51.6. The van der Waals surface area contributed by atoms with Crippen molar-refractivity contribution in [2.45, 2.75) is 17.6 Å². The first kappa shape index (κ1) is 13.5. The smallest absolute Gasteiger partial charge is 0.341 e. The number of esters is 1. The molecule has 1 aromatic rings. The first-order chi connectivity index (χ1) is 7.80. The van der Waals surface area contributed by atoms with Gasteiger partial charge in [-0.3, -0.25) is 4.98 Å². The fourth-order valence-corrected chi connectivity index (χ4v) is 2.07. The third-order valence-corrected chi connectivity index (χ3v) is 3.50. The molecule has 0 radical (unpaired) electrons. The van der Waals surface area contributed by atoms with Crippen molar-refractivity contribution in [3.05, 3.63) is 23.5 Å². The molecule has 0 amide bonds. The molecule has 1 heterocycles. The number of pyridine rings is 1. The lowest BCUT2D eigenvalue weighted by molar-refractivity contribution is 0.0600. The summed E-state index contributed by atoms with van der Waals surface area (Å²) in [5, 5.41) is 0. The Bertz CT molecular complexity index is 542. The van der Waals surface area contributed by atoms with E-state index in [1.807, 2.05) is 0 Å². The third-order valence-electron chi connectivity index (χ3n) is 2.00. The number of aryl methyl sites for hydroxylation is 1. The fraction of sp³-hybridized carbons (Fsp3) is 0.333. The molecule has 0 aliphatic rings. The molecule has 0 aliphatic heterocycles. The van der Waals surface area contributed by atoms with Gasteiger partial charge in [0.15, 0.2) is 0 Å². The number of aromatic nitrogens is 1. The van der Waals surface area contributed by atoms with Gasteiger partial charge in [0.1, 0.15) is 0 Å². The number of halogens is 2. The molecule has 0 saturated carbocycles. The highest BCUT2D eigenvalue weighted by atomic mass is 32.2. The Morgan fingerprint density at radius 2 is 2.06 bits per heavy atom. The summed E-state index contributed by atoms with van der Waals surface area (Å²) >= 11 is 0. The summed E-state index contributed by atoms with van der Waals surface area (Å²) in [6, 6.07) is 0.829. The standard InChI is InChI=1S/C9H9F2NO4S/c1-5-7(17(14,15)9(10)11)3-6(4-12-5)8(13)16-2/h3-4,9H,1-2H3. The van der Waals surface area contributed by atoms with Crippen molar-refractivity contribution in [3.8, 4) is 0 Å². The molecule has 0 spiro atoms. The highest BCUT2D eigenvalue weighted by molar-refractivity contribution is 7.91. The van der Waals surface area contributed by atoms with Crippen LogP contribution in [0.3, 0.4) is 0 Å². The van der Waals surface area contributed by atoms with Crippen LogP contribution in [0.15, 0.2) is 17.2 Å². The van der Waals surface area contributed by atoms with Crippen LogP contribution < -0.4 is 0 Å². The fourth-order valence-electron chi connectivity index (χ4n) is 1.13. The summed E-state index contributed by atoms with van der Waals surface area (Å²) in [6.45, 7) is 1.26. The summed E-state index contributed by atoms with van der Waals surface area (Å²) in [5.74, 6) is -4.40. The Labute approximate surface area is 96.3 Å². The van der Waals surface area contributed by atoms with Crippen molar-refractivity contribution in [3.63, 3.8) is 0 Å². The number of alkyl halides is 2. The number of sulfone groups is 1. The van der Waals surface area contributed by atoms with Crippen LogP contribution in [0.25, 0.3) is 0 Å². The SMILES string of the molecule is COC(=O)c1cnc(C)c(S(=O)(=O)C(F)F)c1. The van der Waals surface area contributed by atoms with Gasteiger partial charge in [0, 0.05) is 6.20 Å². The first-order valence-electron chi connectivity index (χ1n) is 4.37. The molecule has 8 heteroatoms. The van der Waals surface area contributed by atoms with Gasteiger partial charge in [-0.1, -0.05) is 0 Å². The van der Waals surface area contributed by atoms with E-state index < -0.39 is 26.5 Å². The number of hydrogen-bond acceptors (Lipinski definition) is 5. The van der Waals surface area contributed by atoms with Gasteiger partial charge in [-0.25, -0.2) is 13.2 Å². The zero-order chi connectivity index (χ0) is 13.2. The van der Waals surface area contributed by atoms with Crippen molar-refractivity contribution in [2.75, 3.05) is 7.11 Å². The van der Waals surface area contributed by atoms with Gasteiger partial charge in [-0.2, -0.15) is 8.78 Å². The summed E-state index contributed by atoms with van der Waals surface area (Å²) in [7, 11) is -3.69. The molecule has 1 rings (SSSR count). The Kier molecular flexibility index (Phi) is 3.76. The predicted molar refractivity (Wildman–Crippen MR) is 53.5 cm³/mol. The van der Waals surface area contributed by atoms with Crippen molar-refractivity contribution in [1.82, 2.24) is 4.98 Å². The lowest BCUT2D eigenvalue weighted by Crippen LogP contribution is -2.15. The van der Waals surface area contributed by atoms with E-state index in [0.29, 0.717) is 0 Å². The van der Waals surface area contributed by atoms with Crippen LogP contribution in [0.1, 0.15) is 16.1 Å². The maximum Gasteiger partial charge on any atom is 0.341 e. The van der Waals surface area contributed by atoms with Crippen molar-refractivity contribution in [1.29, 1.82) is 0 Å². The van der Waals surface area contributed by atoms with E-state index in [-0.39, 0.29) is 11.3 Å². The molecular formula is C9H9F2NO4S. The van der Waals surface area contributed by atoms with Gasteiger partial charge in [-0.05, 0) is 13.0 Å². The highest BCUT2D eigenvalue weighted by Crippen LogP contribution is 2.21. The monoisotopic (exact) mass is 265 g/mol. The predicted octanol–water partition coefficient (Wildman–Crippen LogP) is 1.17. The van der Waals surface area contributed by atoms with Gasteiger partial charge >= 0.3 is 11.7 Å². The molecule has 5 nitrogen and oxygen atoms in total. The molecule has 0 aromatic carbocycles. The van der Waals surface area contributed by atoms with Crippen molar-refractivity contribution in [2.24, 2.45) is 0 Å². The van der Waals surface area contributed by atoms with Crippen LogP contribution >= 0.6 is 0 Å². The third kappa shape index (κ3) is 2.57. The van der Waals surface area contributed by atoms with Gasteiger partial charge in [0.05, 0.1) is 23.3 Å². The van der Waals surface area contributed by atoms with Gasteiger partial charge in [-0.15, -0.1) is 0 Å². The lowest BCUT2D eigenvalue weighted by Gasteiger charge is -2.07. The van der Waals surface area contributed by atoms with Crippen LogP contribution in [0.5, 0.6) is 0 Å². The number of nitrogens with zero attached hydrogens (tertiary/aromatic N) is 1. The molecule has 17 heavy (non-hydrogen) atoms. The second-order valence-electron chi connectivity index (χ2n) is 3.10. The Morgan fingerprint density at radius 1 is 1.47 bits per heavy atom. The lowest BCUT2D eigenvalue weighted by atomic mass is 10.2. The van der Waals surface area contributed by atoms with Crippen LogP contribution in [0, 0.1) is 6.92 Å². The average Bonchev–Trinajstić information content (AvgIpc) is 2.28. The van der Waals surface area contributed by atoms with Crippen molar-refractivity contribution >= 4 is 15.8 Å². The topological polar surface area (TPSA) is 73.3 Å². The first-order valence-corrected chi connectivity index (χ1v) is 5.92. The van der Waals surface area contributed by atoms with Gasteiger partial charge in [0.25, 0.3) is 0 Å². The molecule has 0 aliphatic carbocycles. The zero-order valence-electron chi connectivity index (χ0n) is 8.98. The molecule has 94 valence electrons. The maximum atomic E-state index is 12.4. The molecular weight excluding hydrogens is 256 g/mol. The number of methoxy groups -OCH3 is 1. The molecule has 0 saturated heterocycles. The van der Waals surface area contributed by atoms with E-state index in [0.717, 1.165) is 19.4 Å². The van der Waals surface area contributed by atoms with Crippen molar-refractivity contribution < 1.29 is 26.7 Å². The van der Waals surface area contributed by atoms with Gasteiger partial charge in [0.2, 0.25) is 9.84 Å². The van der Waals surface area contributed by atoms with Crippen LogP contribution in [0.4, 0.5) is 8.78 Å². The number of hydrogen-bond donors (Lipinski definition) is 0. The van der Waals surface area contributed by atoms with Gasteiger partial charge < -0.3 is 4.74 Å². The Morgan fingerprint density at radius 3 is 2.53 bits per heavy atom. The Balaban J connectivity index is 3.40. The van der Waals surface area contributed by atoms with E-state index in [1.54, 1.807) is 0 Å². The minimum Gasteiger partial charge on any atom is -0.465 e. The Hall–Kier alpha value is -1.57. The number of carbonyl (C=O) groups is 1. The molecule has 0 unspecified atom stereocenters. The molecule has 1 aromatic heterocycles. The van der Waals surface area contributed by atoms with E-state index in [2.05, 4.69) is 9.72 Å². The molecule has 0 atom stereocenters. The largest absolute Gasteiger partial charge is 0.465 e. The van der Waals surface area contributed by atoms with Crippen LogP contribution in [-0.4, -0.2) is 32.2 Å². The summed E-state index contributed by atoms with van der Waals surface area (Å²) in [6.07, 6.45) is 1.06. The molecule has 0 N–H and O–H groups in total. The average molecular weight is 265 g/mol. The summed E-state index contributed by atoms with van der Waals surface area (Å²) in [5.41, 5.74) is -0.296. The molecule has 0 fully saturated rings. The normalized spacial score (nSPS) is 11.6. The highest BCUT2D eigenvalue weighted by Gasteiger charge is 2.29. The van der Waals surface area contributed by atoms with E-state index in [1.165, 1.54) is 6.92 Å². The van der Waals surface area contributed by atoms with Crippen LogP contribution in [0.2, 0.25) is 0 Å². The molecule has 0 bridgehead atoms. The number of carbonyl (C=O) groups excluding carboxylic acids is 1. The quantitative estimate of drug-likeness (QED) is 0.767.